The molecule has 26 heavy (non-hydrogen) atoms. The Hall–Kier alpha value is -3.02. The Kier molecular flexibility index (Phi) is 4.03. The van der Waals surface area contributed by atoms with Crippen LogP contribution in [0.2, 0.25) is 0 Å². The maximum atomic E-state index is 6.03. The molecule has 0 fully saturated rings. The van der Waals surface area contributed by atoms with Gasteiger partial charge in [0.15, 0.2) is 5.65 Å². The zero-order chi connectivity index (χ0) is 18.3. The van der Waals surface area contributed by atoms with Gasteiger partial charge in [0, 0.05) is 31.3 Å². The molecule has 0 bridgehead atoms. The first kappa shape index (κ1) is 16.4. The Bertz CT molecular complexity index is 975. The number of pyridine rings is 1. The van der Waals surface area contributed by atoms with Crippen molar-refractivity contribution >= 4 is 16.9 Å². The van der Waals surface area contributed by atoms with Crippen LogP contribution in [-0.2, 0) is 7.05 Å². The van der Waals surface area contributed by atoms with Gasteiger partial charge in [0.25, 0.3) is 0 Å². The van der Waals surface area contributed by atoms with Gasteiger partial charge < -0.3 is 15.0 Å². The second-order valence-electron chi connectivity index (χ2n) is 6.93. The Morgan fingerprint density at radius 2 is 2.08 bits per heavy atom. The van der Waals surface area contributed by atoms with E-state index in [9.17, 15) is 0 Å². The monoisotopic (exact) mass is 349 g/mol. The van der Waals surface area contributed by atoms with E-state index in [1.807, 2.05) is 42.1 Å². The summed E-state index contributed by atoms with van der Waals surface area (Å²) in [6.07, 6.45) is 6.12. The fourth-order valence-corrected chi connectivity index (χ4v) is 3.32. The lowest BCUT2D eigenvalue weighted by atomic mass is 10.1. The van der Waals surface area contributed by atoms with Crippen LogP contribution >= 0.6 is 0 Å². The van der Waals surface area contributed by atoms with Gasteiger partial charge in [0.05, 0.1) is 0 Å². The summed E-state index contributed by atoms with van der Waals surface area (Å²) in [4.78, 5) is 11.1. The van der Waals surface area contributed by atoms with E-state index >= 15 is 0 Å². The van der Waals surface area contributed by atoms with E-state index in [1.165, 1.54) is 5.69 Å². The molecule has 6 nitrogen and oxygen atoms in total. The van der Waals surface area contributed by atoms with Crippen molar-refractivity contribution in [2.45, 2.75) is 26.9 Å². The Balaban J connectivity index is 1.61. The number of hydrogen-bond acceptors (Lipinski definition) is 5. The number of benzene rings is 1. The number of nitrogens with zero attached hydrogens (tertiary/aromatic N) is 4. The Morgan fingerprint density at radius 3 is 2.81 bits per heavy atom. The van der Waals surface area contributed by atoms with Gasteiger partial charge in [-0.2, -0.15) is 4.98 Å². The SMILES string of the molecule is Cc1cc(Oc2nc3cccnc3n2C)ccc1N1C=CNC1C(C)C. The highest BCUT2D eigenvalue weighted by atomic mass is 16.5. The highest BCUT2D eigenvalue weighted by molar-refractivity contribution is 5.72. The average molecular weight is 349 g/mol. The van der Waals surface area contributed by atoms with Crippen LogP contribution in [-0.4, -0.2) is 20.7 Å². The summed E-state index contributed by atoms with van der Waals surface area (Å²) in [5, 5.41) is 3.40. The van der Waals surface area contributed by atoms with E-state index < -0.39 is 0 Å². The van der Waals surface area contributed by atoms with E-state index in [-0.39, 0.29) is 6.17 Å². The number of nitrogens with one attached hydrogen (secondary N) is 1. The lowest BCUT2D eigenvalue weighted by molar-refractivity contribution is 0.427. The fourth-order valence-electron chi connectivity index (χ4n) is 3.32. The molecule has 1 aliphatic heterocycles. The predicted molar refractivity (Wildman–Crippen MR) is 103 cm³/mol. The van der Waals surface area contributed by atoms with E-state index in [4.69, 9.17) is 4.74 Å². The van der Waals surface area contributed by atoms with Gasteiger partial charge in [-0.05, 0) is 48.7 Å². The molecule has 0 spiro atoms. The van der Waals surface area contributed by atoms with Crippen LogP contribution in [0.5, 0.6) is 11.8 Å². The molecule has 1 N–H and O–H groups in total. The zero-order valence-corrected chi connectivity index (χ0v) is 15.5. The molecule has 0 amide bonds. The van der Waals surface area contributed by atoms with Crippen molar-refractivity contribution in [3.8, 4) is 11.8 Å². The summed E-state index contributed by atoms with van der Waals surface area (Å²) < 4.78 is 7.89. The molecule has 2 aromatic heterocycles. The molecule has 1 aromatic carbocycles. The van der Waals surface area contributed by atoms with E-state index in [1.54, 1.807) is 6.20 Å². The van der Waals surface area contributed by atoms with Gasteiger partial charge in [0.1, 0.15) is 17.4 Å². The molecule has 1 unspecified atom stereocenters. The summed E-state index contributed by atoms with van der Waals surface area (Å²) in [6.45, 7) is 6.52. The molecule has 0 saturated carbocycles. The fraction of sp³-hybridized carbons (Fsp3) is 0.300. The summed E-state index contributed by atoms with van der Waals surface area (Å²) in [6, 6.07) is 10.5. The maximum absolute atomic E-state index is 6.03. The topological polar surface area (TPSA) is 55.2 Å². The Labute approximate surface area is 153 Å². The molecule has 0 aliphatic carbocycles. The summed E-state index contributed by atoms with van der Waals surface area (Å²) in [5.41, 5.74) is 3.96. The summed E-state index contributed by atoms with van der Waals surface area (Å²) in [5.74, 6) is 1.26. The van der Waals surface area contributed by atoms with Crippen molar-refractivity contribution in [1.29, 1.82) is 0 Å². The molecule has 6 heteroatoms. The number of imidazole rings is 1. The molecular weight excluding hydrogens is 326 g/mol. The number of hydrogen-bond donors (Lipinski definition) is 1. The highest BCUT2D eigenvalue weighted by Gasteiger charge is 2.24. The zero-order valence-electron chi connectivity index (χ0n) is 15.5. The predicted octanol–water partition coefficient (Wildman–Crippen LogP) is 3.93. The lowest BCUT2D eigenvalue weighted by Crippen LogP contribution is -2.40. The largest absolute Gasteiger partial charge is 0.425 e. The number of fused-ring (bicyclic) bond motifs is 1. The van der Waals surface area contributed by atoms with Gasteiger partial charge in [-0.3, -0.25) is 4.57 Å². The van der Waals surface area contributed by atoms with Crippen molar-refractivity contribution in [3.05, 3.63) is 54.5 Å². The van der Waals surface area contributed by atoms with Crippen LogP contribution in [0.25, 0.3) is 11.2 Å². The maximum Gasteiger partial charge on any atom is 0.303 e. The first-order chi connectivity index (χ1) is 12.5. The second kappa shape index (κ2) is 6.37. The first-order valence-corrected chi connectivity index (χ1v) is 8.81. The standard InChI is InChI=1S/C20H23N5O/c1-13(2)18-22-10-11-25(18)17-8-7-15(12-14(17)3)26-20-23-16-6-5-9-21-19(16)24(20)4/h5-13,18,22H,1-4H3. The molecule has 0 saturated heterocycles. The van der Waals surface area contributed by atoms with Crippen LogP contribution in [0.1, 0.15) is 19.4 Å². The first-order valence-electron chi connectivity index (χ1n) is 8.81. The minimum Gasteiger partial charge on any atom is -0.425 e. The van der Waals surface area contributed by atoms with Crippen molar-refractivity contribution in [1.82, 2.24) is 19.9 Å². The molecular formula is C20H23N5O. The third-order valence-corrected chi connectivity index (χ3v) is 4.68. The van der Waals surface area contributed by atoms with Gasteiger partial charge >= 0.3 is 6.01 Å². The minimum absolute atomic E-state index is 0.270. The number of anilines is 1. The second-order valence-corrected chi connectivity index (χ2v) is 6.93. The van der Waals surface area contributed by atoms with Gasteiger partial charge in [-0.1, -0.05) is 13.8 Å². The highest BCUT2D eigenvalue weighted by Crippen LogP contribution is 2.31. The molecule has 4 rings (SSSR count). The van der Waals surface area contributed by atoms with Crippen molar-refractivity contribution in [2.75, 3.05) is 4.90 Å². The lowest BCUT2D eigenvalue weighted by Gasteiger charge is -2.30. The van der Waals surface area contributed by atoms with Crippen LogP contribution in [0.15, 0.2) is 48.9 Å². The minimum atomic E-state index is 0.270. The molecule has 0 radical (unpaired) electrons. The normalized spacial score (nSPS) is 16.5. The number of ether oxygens (including phenoxy) is 1. The van der Waals surface area contributed by atoms with Crippen LogP contribution in [0.4, 0.5) is 5.69 Å². The van der Waals surface area contributed by atoms with E-state index in [2.05, 4.69) is 53.2 Å². The van der Waals surface area contributed by atoms with Gasteiger partial charge in [-0.15, -0.1) is 0 Å². The van der Waals surface area contributed by atoms with Crippen LogP contribution in [0, 0.1) is 12.8 Å². The van der Waals surface area contributed by atoms with Gasteiger partial charge in [0.2, 0.25) is 0 Å². The van der Waals surface area contributed by atoms with Crippen LogP contribution in [0.3, 0.4) is 0 Å². The van der Waals surface area contributed by atoms with Crippen molar-refractivity contribution in [2.24, 2.45) is 13.0 Å². The van der Waals surface area contributed by atoms with E-state index in [0.717, 1.165) is 22.5 Å². The van der Waals surface area contributed by atoms with Crippen molar-refractivity contribution < 1.29 is 4.74 Å². The third-order valence-electron chi connectivity index (χ3n) is 4.68. The Morgan fingerprint density at radius 1 is 1.23 bits per heavy atom. The molecule has 3 heterocycles. The third kappa shape index (κ3) is 2.77. The molecule has 3 aromatic rings. The van der Waals surface area contributed by atoms with Gasteiger partial charge in [-0.25, -0.2) is 4.98 Å². The molecule has 1 atom stereocenters. The van der Waals surface area contributed by atoms with E-state index in [0.29, 0.717) is 11.9 Å². The van der Waals surface area contributed by atoms with Crippen molar-refractivity contribution in [3.63, 3.8) is 0 Å². The summed E-state index contributed by atoms with van der Waals surface area (Å²) >= 11 is 0. The average Bonchev–Trinajstić information content (AvgIpc) is 3.21. The smallest absolute Gasteiger partial charge is 0.303 e. The van der Waals surface area contributed by atoms with Crippen LogP contribution < -0.4 is 15.0 Å². The quantitative estimate of drug-likeness (QED) is 0.773. The number of aromatic nitrogens is 3. The molecule has 1 aliphatic rings. The number of rotatable bonds is 4. The molecule has 134 valence electrons. The number of aryl methyl sites for hydroxylation is 2. The summed E-state index contributed by atoms with van der Waals surface area (Å²) in [7, 11) is 1.91.